The van der Waals surface area contributed by atoms with Gasteiger partial charge in [0, 0.05) is 32.4 Å². The zero-order valence-electron chi connectivity index (χ0n) is 16.1. The van der Waals surface area contributed by atoms with Crippen LogP contribution in [0.1, 0.15) is 31.0 Å². The summed E-state index contributed by atoms with van der Waals surface area (Å²) in [7, 11) is 0. The Balaban J connectivity index is 1.45. The van der Waals surface area contributed by atoms with Gasteiger partial charge >= 0.3 is 11.6 Å². The molecule has 1 aliphatic rings. The van der Waals surface area contributed by atoms with E-state index in [0.717, 1.165) is 12.8 Å². The summed E-state index contributed by atoms with van der Waals surface area (Å²) in [5.74, 6) is 0.0257. The lowest BCUT2D eigenvalue weighted by atomic mass is 10.1. The highest BCUT2D eigenvalue weighted by Crippen LogP contribution is 2.34. The predicted molar refractivity (Wildman–Crippen MR) is 108 cm³/mol. The van der Waals surface area contributed by atoms with E-state index in [1.807, 2.05) is 0 Å². The predicted octanol–water partition coefficient (Wildman–Crippen LogP) is 3.37. The summed E-state index contributed by atoms with van der Waals surface area (Å²) < 4.78 is 14.3. The molecule has 0 aliphatic carbocycles. The molecule has 4 rings (SSSR count). The summed E-state index contributed by atoms with van der Waals surface area (Å²) in [6.45, 7) is 3.56. The Morgan fingerprint density at radius 1 is 1.33 bits per heavy atom. The molecule has 0 spiro atoms. The first-order chi connectivity index (χ1) is 14.5. The molecule has 11 nitrogen and oxygen atoms in total. The van der Waals surface area contributed by atoms with Crippen molar-refractivity contribution >= 4 is 39.9 Å². The highest BCUT2D eigenvalue weighted by atomic mass is 35.5. The van der Waals surface area contributed by atoms with Crippen molar-refractivity contribution in [3.8, 4) is 5.88 Å². The van der Waals surface area contributed by atoms with Crippen LogP contribution in [-0.4, -0.2) is 54.3 Å². The van der Waals surface area contributed by atoms with Crippen molar-refractivity contribution in [3.05, 3.63) is 32.4 Å². The second kappa shape index (κ2) is 8.70. The van der Waals surface area contributed by atoms with E-state index in [2.05, 4.69) is 20.2 Å². The van der Waals surface area contributed by atoms with Crippen LogP contribution in [0.2, 0.25) is 10.4 Å². The quantitative estimate of drug-likeness (QED) is 0.230. The van der Waals surface area contributed by atoms with Gasteiger partial charge in [-0.2, -0.15) is 10.1 Å². The van der Waals surface area contributed by atoms with Crippen LogP contribution in [-0.2, 0) is 11.3 Å². The molecule has 0 unspecified atom stereocenters. The van der Waals surface area contributed by atoms with E-state index >= 15 is 0 Å². The van der Waals surface area contributed by atoms with Crippen LogP contribution in [0, 0.1) is 17.0 Å². The van der Waals surface area contributed by atoms with Crippen molar-refractivity contribution in [2.24, 2.45) is 0 Å². The molecule has 0 N–H and O–H groups in total. The molecule has 3 aromatic rings. The minimum atomic E-state index is -0.451. The Bertz CT molecular complexity index is 1080. The van der Waals surface area contributed by atoms with E-state index in [4.69, 9.17) is 32.7 Å². The monoisotopic (exact) mass is 455 g/mol. The molecule has 0 radical (unpaired) electrons. The van der Waals surface area contributed by atoms with Crippen LogP contribution in [0.5, 0.6) is 5.88 Å². The molecule has 1 saturated heterocycles. The zero-order chi connectivity index (χ0) is 21.3. The standard InChI is InChI=1S/C17H19Cl2N7O4/c1-10-13(26(27)28)16(23-25(10)11-3-7-29-8-4-11)30-6-2-5-24-15-12(14(18)22-24)9-20-17(19)21-15/h9,11H,2-8H2,1H3. The molecular formula is C17H19Cl2N7O4. The second-order valence-electron chi connectivity index (χ2n) is 6.88. The molecule has 30 heavy (non-hydrogen) atoms. The van der Waals surface area contributed by atoms with E-state index < -0.39 is 4.92 Å². The van der Waals surface area contributed by atoms with Gasteiger partial charge in [-0.1, -0.05) is 11.6 Å². The van der Waals surface area contributed by atoms with Gasteiger partial charge in [-0.25, -0.2) is 9.67 Å². The fraction of sp³-hybridized carbons (Fsp3) is 0.529. The van der Waals surface area contributed by atoms with Crippen molar-refractivity contribution in [3.63, 3.8) is 0 Å². The molecule has 160 valence electrons. The maximum absolute atomic E-state index is 11.6. The van der Waals surface area contributed by atoms with Crippen LogP contribution in [0.15, 0.2) is 6.20 Å². The summed E-state index contributed by atoms with van der Waals surface area (Å²) in [6.07, 6.45) is 3.55. The van der Waals surface area contributed by atoms with Crippen molar-refractivity contribution in [2.45, 2.75) is 38.8 Å². The third-order valence-electron chi connectivity index (χ3n) is 4.97. The summed E-state index contributed by atoms with van der Waals surface area (Å²) in [5.41, 5.74) is 0.900. The van der Waals surface area contributed by atoms with Crippen LogP contribution < -0.4 is 4.74 Å². The number of ether oxygens (including phenoxy) is 2. The molecule has 1 aliphatic heterocycles. The Hall–Kier alpha value is -2.50. The van der Waals surface area contributed by atoms with Gasteiger partial charge in [0.2, 0.25) is 5.28 Å². The van der Waals surface area contributed by atoms with Crippen molar-refractivity contribution < 1.29 is 14.4 Å². The average Bonchev–Trinajstić information content (AvgIpc) is 3.22. The van der Waals surface area contributed by atoms with Gasteiger partial charge in [-0.05, 0) is 31.4 Å². The van der Waals surface area contributed by atoms with Crippen molar-refractivity contribution in [2.75, 3.05) is 19.8 Å². The first-order valence-corrected chi connectivity index (χ1v) is 10.2. The lowest BCUT2D eigenvalue weighted by Crippen LogP contribution is -2.21. The number of nitro groups is 1. The molecule has 0 atom stereocenters. The Labute approximate surface area is 181 Å². The zero-order valence-corrected chi connectivity index (χ0v) is 17.6. The molecule has 4 heterocycles. The molecule has 3 aromatic heterocycles. The molecule has 0 saturated carbocycles. The topological polar surface area (TPSA) is 123 Å². The van der Waals surface area contributed by atoms with Gasteiger partial charge in [-0.15, -0.1) is 5.10 Å². The van der Waals surface area contributed by atoms with Crippen LogP contribution in [0.25, 0.3) is 11.0 Å². The maximum Gasteiger partial charge on any atom is 0.352 e. The molecule has 13 heteroatoms. The van der Waals surface area contributed by atoms with Gasteiger partial charge in [0.25, 0.3) is 0 Å². The Morgan fingerprint density at radius 3 is 2.83 bits per heavy atom. The number of halogens is 2. The molecule has 0 bridgehead atoms. The summed E-state index contributed by atoms with van der Waals surface area (Å²) in [5, 5.41) is 21.2. The lowest BCUT2D eigenvalue weighted by Gasteiger charge is -2.22. The van der Waals surface area contributed by atoms with E-state index in [1.54, 1.807) is 16.3 Å². The first kappa shape index (κ1) is 20.8. The Morgan fingerprint density at radius 2 is 2.10 bits per heavy atom. The summed E-state index contributed by atoms with van der Waals surface area (Å²) >= 11 is 12.0. The van der Waals surface area contributed by atoms with Crippen molar-refractivity contribution in [1.82, 2.24) is 29.5 Å². The van der Waals surface area contributed by atoms with Gasteiger partial charge in [-0.3, -0.25) is 14.8 Å². The number of rotatable bonds is 7. The van der Waals surface area contributed by atoms with Gasteiger partial charge < -0.3 is 9.47 Å². The number of aryl methyl sites for hydroxylation is 1. The molecule has 0 amide bonds. The molecule has 1 fully saturated rings. The highest BCUT2D eigenvalue weighted by Gasteiger charge is 2.30. The van der Waals surface area contributed by atoms with Gasteiger partial charge in [0.15, 0.2) is 10.8 Å². The number of nitrogens with zero attached hydrogens (tertiary/aromatic N) is 7. The van der Waals surface area contributed by atoms with Gasteiger partial charge in [0.1, 0.15) is 5.69 Å². The second-order valence-corrected chi connectivity index (χ2v) is 7.57. The normalized spacial score (nSPS) is 15.0. The van der Waals surface area contributed by atoms with Crippen LogP contribution in [0.3, 0.4) is 0 Å². The van der Waals surface area contributed by atoms with E-state index in [9.17, 15) is 10.1 Å². The smallest absolute Gasteiger partial charge is 0.352 e. The summed E-state index contributed by atoms with van der Waals surface area (Å²) in [4.78, 5) is 19.2. The highest BCUT2D eigenvalue weighted by molar-refractivity contribution is 6.34. The SMILES string of the molecule is Cc1c([N+](=O)[O-])c(OCCCn2nc(Cl)c3cnc(Cl)nc32)nn1C1CCOCC1. The summed E-state index contributed by atoms with van der Waals surface area (Å²) in [6, 6.07) is 0.0665. The van der Waals surface area contributed by atoms with Crippen LogP contribution >= 0.6 is 23.2 Å². The van der Waals surface area contributed by atoms with E-state index in [1.165, 1.54) is 6.20 Å². The number of hydrogen-bond donors (Lipinski definition) is 0. The van der Waals surface area contributed by atoms with Gasteiger partial charge in [0.05, 0.1) is 23.0 Å². The lowest BCUT2D eigenvalue weighted by molar-refractivity contribution is -0.386. The number of aromatic nitrogens is 6. The van der Waals surface area contributed by atoms with Crippen molar-refractivity contribution in [1.29, 1.82) is 0 Å². The third-order valence-corrected chi connectivity index (χ3v) is 5.44. The third kappa shape index (κ3) is 4.05. The largest absolute Gasteiger partial charge is 0.472 e. The fourth-order valence-corrected chi connectivity index (χ4v) is 3.87. The molecular weight excluding hydrogens is 437 g/mol. The van der Waals surface area contributed by atoms with E-state index in [0.29, 0.717) is 42.9 Å². The Kier molecular flexibility index (Phi) is 6.02. The average molecular weight is 456 g/mol. The first-order valence-electron chi connectivity index (χ1n) is 9.44. The molecule has 0 aromatic carbocycles. The fourth-order valence-electron chi connectivity index (χ4n) is 3.52. The maximum atomic E-state index is 11.6. The number of hydrogen-bond acceptors (Lipinski definition) is 8. The van der Waals surface area contributed by atoms with Crippen LogP contribution in [0.4, 0.5) is 5.69 Å². The van der Waals surface area contributed by atoms with E-state index in [-0.39, 0.29) is 34.7 Å². The minimum absolute atomic E-state index is 0.0257. The number of fused-ring (bicyclic) bond motifs is 1. The minimum Gasteiger partial charge on any atom is -0.472 e.